The van der Waals surface area contributed by atoms with E-state index in [1.165, 1.54) is 18.4 Å². The monoisotopic (exact) mass is 318 g/mol. The number of aromatic nitrogens is 1. The minimum absolute atomic E-state index is 0.378. The van der Waals surface area contributed by atoms with Gasteiger partial charge in [0.2, 0.25) is 0 Å². The van der Waals surface area contributed by atoms with Crippen LogP contribution < -0.4 is 10.1 Å². The fraction of sp³-hybridized carbons (Fsp3) is 0.471. The third-order valence-corrected chi connectivity index (χ3v) is 4.56. The molecule has 1 fully saturated rings. The van der Waals surface area contributed by atoms with Gasteiger partial charge in [0.25, 0.3) is 0 Å². The lowest BCUT2D eigenvalue weighted by Crippen LogP contribution is -2.25. The summed E-state index contributed by atoms with van der Waals surface area (Å²) in [6.07, 6.45) is 2.73. The molecule has 1 aromatic heterocycles. The second-order valence-electron chi connectivity index (χ2n) is 5.60. The van der Waals surface area contributed by atoms with Gasteiger partial charge in [-0.1, -0.05) is 17.7 Å². The Labute approximate surface area is 135 Å². The Hall–Kier alpha value is -1.43. The molecule has 4 nitrogen and oxygen atoms in total. The second kappa shape index (κ2) is 7.72. The van der Waals surface area contributed by atoms with E-state index >= 15 is 0 Å². The number of rotatable bonds is 7. The molecule has 1 aliphatic heterocycles. The fourth-order valence-corrected chi connectivity index (χ4v) is 3.15. The minimum atomic E-state index is 0.378. The number of thiazole rings is 1. The van der Waals surface area contributed by atoms with Gasteiger partial charge >= 0.3 is 0 Å². The van der Waals surface area contributed by atoms with E-state index in [9.17, 15) is 0 Å². The summed E-state index contributed by atoms with van der Waals surface area (Å²) >= 11 is 1.65. The zero-order valence-corrected chi connectivity index (χ0v) is 13.7. The molecule has 22 heavy (non-hydrogen) atoms. The number of hydrogen-bond acceptors (Lipinski definition) is 5. The van der Waals surface area contributed by atoms with Gasteiger partial charge in [-0.05, 0) is 31.9 Å². The van der Waals surface area contributed by atoms with Crippen molar-refractivity contribution < 1.29 is 9.47 Å². The lowest BCUT2D eigenvalue weighted by Gasteiger charge is -2.09. The van der Waals surface area contributed by atoms with Gasteiger partial charge in [-0.15, -0.1) is 11.3 Å². The maximum atomic E-state index is 5.75. The molecule has 1 aliphatic rings. The molecule has 2 aromatic rings. The molecule has 0 spiro atoms. The van der Waals surface area contributed by atoms with Gasteiger partial charge in [-0.3, -0.25) is 0 Å². The lowest BCUT2D eigenvalue weighted by atomic mass is 10.2. The van der Waals surface area contributed by atoms with Crippen LogP contribution >= 0.6 is 11.3 Å². The molecule has 0 unspecified atom stereocenters. The first-order valence-electron chi connectivity index (χ1n) is 7.74. The smallest absolute Gasteiger partial charge is 0.140 e. The van der Waals surface area contributed by atoms with Crippen molar-refractivity contribution in [2.24, 2.45) is 0 Å². The van der Waals surface area contributed by atoms with Crippen molar-refractivity contribution in [1.29, 1.82) is 0 Å². The molecular weight excluding hydrogens is 296 g/mol. The van der Waals surface area contributed by atoms with Gasteiger partial charge in [0, 0.05) is 25.1 Å². The Morgan fingerprint density at radius 3 is 3.00 bits per heavy atom. The summed E-state index contributed by atoms with van der Waals surface area (Å²) in [6.45, 7) is 5.21. The standard InChI is InChI=1S/C17H22N2O2S/c1-13-4-6-15(7-5-13)21-11-17-19-14(12-22-17)9-18-10-16-3-2-8-20-16/h4-7,12,16,18H,2-3,8-11H2,1H3/t16-/m1/s1. The first kappa shape index (κ1) is 15.5. The van der Waals surface area contributed by atoms with Crippen molar-refractivity contribution in [2.75, 3.05) is 13.2 Å². The topological polar surface area (TPSA) is 43.4 Å². The van der Waals surface area contributed by atoms with E-state index in [-0.39, 0.29) is 0 Å². The van der Waals surface area contributed by atoms with E-state index < -0.39 is 0 Å². The zero-order chi connectivity index (χ0) is 15.2. The van der Waals surface area contributed by atoms with E-state index in [1.807, 2.05) is 12.1 Å². The summed E-state index contributed by atoms with van der Waals surface area (Å²) in [7, 11) is 0. The molecular formula is C17H22N2O2S. The van der Waals surface area contributed by atoms with Gasteiger partial charge in [0.1, 0.15) is 17.4 Å². The van der Waals surface area contributed by atoms with Crippen molar-refractivity contribution >= 4 is 11.3 Å². The highest BCUT2D eigenvalue weighted by atomic mass is 32.1. The molecule has 0 bridgehead atoms. The van der Waals surface area contributed by atoms with E-state index in [1.54, 1.807) is 11.3 Å². The van der Waals surface area contributed by atoms with Gasteiger partial charge < -0.3 is 14.8 Å². The molecule has 1 N–H and O–H groups in total. The predicted octanol–water partition coefficient (Wildman–Crippen LogP) is 3.30. The largest absolute Gasteiger partial charge is 0.486 e. The minimum Gasteiger partial charge on any atom is -0.486 e. The van der Waals surface area contributed by atoms with Crippen LogP contribution in [0.4, 0.5) is 0 Å². The van der Waals surface area contributed by atoms with E-state index in [4.69, 9.17) is 9.47 Å². The number of hydrogen-bond donors (Lipinski definition) is 1. The highest BCUT2D eigenvalue weighted by Gasteiger charge is 2.14. The van der Waals surface area contributed by atoms with E-state index in [0.717, 1.165) is 36.1 Å². The van der Waals surface area contributed by atoms with Crippen molar-refractivity contribution in [3.05, 3.63) is 45.9 Å². The average Bonchev–Trinajstić information content (AvgIpc) is 3.19. The molecule has 3 rings (SSSR count). The highest BCUT2D eigenvalue weighted by Crippen LogP contribution is 2.16. The first-order chi connectivity index (χ1) is 10.8. The Morgan fingerprint density at radius 1 is 1.36 bits per heavy atom. The quantitative estimate of drug-likeness (QED) is 0.850. The summed E-state index contributed by atoms with van der Waals surface area (Å²) in [4.78, 5) is 4.60. The van der Waals surface area contributed by atoms with Gasteiger partial charge in [0.15, 0.2) is 0 Å². The fourth-order valence-electron chi connectivity index (χ4n) is 2.44. The molecule has 5 heteroatoms. The number of ether oxygens (including phenoxy) is 2. The van der Waals surface area contributed by atoms with Crippen LogP contribution in [0.2, 0.25) is 0 Å². The Kier molecular flexibility index (Phi) is 5.43. The average molecular weight is 318 g/mol. The predicted molar refractivity (Wildman–Crippen MR) is 88.3 cm³/mol. The molecule has 0 aliphatic carbocycles. The Bertz CT molecular complexity index is 577. The zero-order valence-electron chi connectivity index (χ0n) is 12.9. The number of benzene rings is 1. The van der Waals surface area contributed by atoms with Crippen molar-refractivity contribution in [3.63, 3.8) is 0 Å². The number of nitrogens with zero attached hydrogens (tertiary/aromatic N) is 1. The second-order valence-corrected chi connectivity index (χ2v) is 6.54. The number of nitrogens with one attached hydrogen (secondary N) is 1. The van der Waals surface area contributed by atoms with Crippen LogP contribution in [0, 0.1) is 6.92 Å². The maximum Gasteiger partial charge on any atom is 0.140 e. The lowest BCUT2D eigenvalue weighted by molar-refractivity contribution is 0.110. The van der Waals surface area contributed by atoms with Crippen LogP contribution in [0.3, 0.4) is 0 Å². The highest BCUT2D eigenvalue weighted by molar-refractivity contribution is 7.09. The molecule has 1 saturated heterocycles. The number of aryl methyl sites for hydroxylation is 1. The normalized spacial score (nSPS) is 17.8. The van der Waals surface area contributed by atoms with Gasteiger partial charge in [0.05, 0.1) is 11.8 Å². The summed E-state index contributed by atoms with van der Waals surface area (Å²) in [5, 5.41) is 6.52. The van der Waals surface area contributed by atoms with Crippen molar-refractivity contribution in [3.8, 4) is 5.75 Å². The third-order valence-electron chi connectivity index (χ3n) is 3.68. The molecule has 1 atom stereocenters. The SMILES string of the molecule is Cc1ccc(OCc2nc(CNC[C@H]3CCCO3)cs2)cc1. The molecule has 0 saturated carbocycles. The molecule has 1 aromatic carbocycles. The first-order valence-corrected chi connectivity index (χ1v) is 8.62. The van der Waals surface area contributed by atoms with Crippen LogP contribution in [0.5, 0.6) is 5.75 Å². The van der Waals surface area contributed by atoms with Crippen LogP contribution in [-0.2, 0) is 17.9 Å². The third kappa shape index (κ3) is 4.53. The summed E-state index contributed by atoms with van der Waals surface area (Å²) in [5.74, 6) is 0.888. The molecule has 0 amide bonds. The van der Waals surface area contributed by atoms with Gasteiger partial charge in [-0.25, -0.2) is 4.98 Å². The summed E-state index contributed by atoms with van der Waals surface area (Å²) in [6, 6.07) is 8.09. The Balaban J connectivity index is 1.41. The molecule has 118 valence electrons. The van der Waals surface area contributed by atoms with Crippen LogP contribution in [0.1, 0.15) is 29.1 Å². The van der Waals surface area contributed by atoms with E-state index in [0.29, 0.717) is 12.7 Å². The Morgan fingerprint density at radius 2 is 2.23 bits per heavy atom. The van der Waals surface area contributed by atoms with Crippen LogP contribution in [0.25, 0.3) is 0 Å². The maximum absolute atomic E-state index is 5.75. The van der Waals surface area contributed by atoms with Crippen LogP contribution in [0.15, 0.2) is 29.6 Å². The molecule has 2 heterocycles. The van der Waals surface area contributed by atoms with Crippen LogP contribution in [-0.4, -0.2) is 24.2 Å². The summed E-state index contributed by atoms with van der Waals surface area (Å²) < 4.78 is 11.3. The summed E-state index contributed by atoms with van der Waals surface area (Å²) in [5.41, 5.74) is 2.31. The molecule has 0 radical (unpaired) electrons. The van der Waals surface area contributed by atoms with E-state index in [2.05, 4.69) is 34.7 Å². The van der Waals surface area contributed by atoms with Gasteiger partial charge in [-0.2, -0.15) is 0 Å². The van der Waals surface area contributed by atoms with Crippen molar-refractivity contribution in [1.82, 2.24) is 10.3 Å². The van der Waals surface area contributed by atoms with Crippen molar-refractivity contribution in [2.45, 2.75) is 39.0 Å².